The summed E-state index contributed by atoms with van der Waals surface area (Å²) >= 11 is 0. The van der Waals surface area contributed by atoms with Crippen molar-refractivity contribution in [3.05, 3.63) is 46.9 Å². The van der Waals surface area contributed by atoms with Gasteiger partial charge in [0.1, 0.15) is 11.6 Å². The summed E-state index contributed by atoms with van der Waals surface area (Å²) in [4.78, 5) is 4.03. The Morgan fingerprint density at radius 2 is 2.10 bits per heavy atom. The molecule has 3 N–H and O–H groups in total. The van der Waals surface area contributed by atoms with Crippen LogP contribution in [-0.2, 0) is 23.1 Å². The third-order valence-corrected chi connectivity index (χ3v) is 4.43. The third-order valence-electron chi connectivity index (χ3n) is 3.03. The predicted molar refractivity (Wildman–Crippen MR) is 74.3 cm³/mol. The van der Waals surface area contributed by atoms with Crippen molar-refractivity contribution in [2.24, 2.45) is 5.73 Å². The Morgan fingerprint density at radius 3 is 2.67 bits per heavy atom. The highest BCUT2D eigenvalue weighted by atomic mass is 32.2. The van der Waals surface area contributed by atoms with Crippen LogP contribution in [0.1, 0.15) is 22.9 Å². The first kappa shape index (κ1) is 15.6. The second-order valence-corrected chi connectivity index (χ2v) is 6.30. The molecule has 2 rings (SSSR count). The van der Waals surface area contributed by atoms with E-state index in [0.717, 1.165) is 6.07 Å². The maximum Gasteiger partial charge on any atom is 0.241 e. The van der Waals surface area contributed by atoms with Crippen molar-refractivity contribution >= 4 is 10.0 Å². The molecule has 0 atom stereocenters. The summed E-state index contributed by atoms with van der Waals surface area (Å²) in [6, 6.07) is 3.48. The molecule has 0 amide bonds. The van der Waals surface area contributed by atoms with E-state index in [1.165, 1.54) is 12.1 Å². The summed E-state index contributed by atoms with van der Waals surface area (Å²) in [7, 11) is -3.78. The van der Waals surface area contributed by atoms with Gasteiger partial charge in [0.15, 0.2) is 0 Å². The summed E-state index contributed by atoms with van der Waals surface area (Å²) in [5.41, 5.74) is 6.21. The first-order valence-electron chi connectivity index (χ1n) is 6.24. The van der Waals surface area contributed by atoms with Crippen LogP contribution >= 0.6 is 0 Å². The zero-order valence-electron chi connectivity index (χ0n) is 11.7. The third kappa shape index (κ3) is 3.46. The SMILES string of the molecule is Cc1nc(CNS(=O)(=O)c2ccc(F)c(CN)c2)oc1C. The predicted octanol–water partition coefficient (Wildman–Crippen LogP) is 1.37. The molecule has 0 aliphatic rings. The fourth-order valence-corrected chi connectivity index (χ4v) is 2.75. The van der Waals surface area contributed by atoms with Gasteiger partial charge < -0.3 is 10.2 Å². The maximum absolute atomic E-state index is 13.3. The van der Waals surface area contributed by atoms with Crippen LogP contribution in [0.15, 0.2) is 27.5 Å². The number of halogens is 1. The molecule has 0 fully saturated rings. The Morgan fingerprint density at radius 1 is 1.38 bits per heavy atom. The molecule has 0 aliphatic heterocycles. The lowest BCUT2D eigenvalue weighted by Gasteiger charge is -2.07. The monoisotopic (exact) mass is 313 g/mol. The van der Waals surface area contributed by atoms with Crippen LogP contribution in [0.25, 0.3) is 0 Å². The molecule has 21 heavy (non-hydrogen) atoms. The Kier molecular flexibility index (Phi) is 4.40. The molecule has 0 saturated heterocycles. The molecule has 0 aliphatic carbocycles. The Hall–Kier alpha value is -1.77. The molecule has 0 unspecified atom stereocenters. The average molecular weight is 313 g/mol. The number of nitrogens with zero attached hydrogens (tertiary/aromatic N) is 1. The van der Waals surface area contributed by atoms with Gasteiger partial charge in [0.25, 0.3) is 0 Å². The van der Waals surface area contributed by atoms with E-state index in [1.807, 2.05) is 0 Å². The Bertz CT molecular complexity index is 737. The Balaban J connectivity index is 2.18. The van der Waals surface area contributed by atoms with Gasteiger partial charge in [-0.2, -0.15) is 0 Å². The number of sulfonamides is 1. The molecule has 0 saturated carbocycles. The van der Waals surface area contributed by atoms with E-state index >= 15 is 0 Å². The maximum atomic E-state index is 13.3. The summed E-state index contributed by atoms with van der Waals surface area (Å²) in [5, 5.41) is 0. The van der Waals surface area contributed by atoms with E-state index in [9.17, 15) is 12.8 Å². The minimum Gasteiger partial charge on any atom is -0.444 e. The van der Waals surface area contributed by atoms with Crippen LogP contribution in [-0.4, -0.2) is 13.4 Å². The minimum absolute atomic E-state index is 0.0515. The number of oxazole rings is 1. The number of rotatable bonds is 5. The number of aromatic nitrogens is 1. The van der Waals surface area contributed by atoms with Crippen molar-refractivity contribution in [2.75, 3.05) is 0 Å². The second-order valence-electron chi connectivity index (χ2n) is 4.53. The number of nitrogens with one attached hydrogen (secondary N) is 1. The topological polar surface area (TPSA) is 98.2 Å². The van der Waals surface area contributed by atoms with Crippen molar-refractivity contribution in [1.29, 1.82) is 0 Å². The van der Waals surface area contributed by atoms with Gasteiger partial charge in [0, 0.05) is 12.1 Å². The fourth-order valence-electron chi connectivity index (χ4n) is 1.73. The summed E-state index contributed by atoms with van der Waals surface area (Å²) in [5.74, 6) is 0.376. The van der Waals surface area contributed by atoms with Crippen molar-refractivity contribution in [3.63, 3.8) is 0 Å². The van der Waals surface area contributed by atoms with Crippen LogP contribution < -0.4 is 10.5 Å². The molecule has 1 aromatic carbocycles. The molecule has 8 heteroatoms. The lowest BCUT2D eigenvalue weighted by molar-refractivity contribution is 0.463. The van der Waals surface area contributed by atoms with Crippen molar-refractivity contribution < 1.29 is 17.2 Å². The van der Waals surface area contributed by atoms with Gasteiger partial charge in [-0.05, 0) is 32.0 Å². The first-order chi connectivity index (χ1) is 9.83. The molecule has 6 nitrogen and oxygen atoms in total. The number of benzene rings is 1. The number of hydrogen-bond donors (Lipinski definition) is 2. The minimum atomic E-state index is -3.78. The van der Waals surface area contributed by atoms with Crippen LogP contribution in [0.4, 0.5) is 4.39 Å². The van der Waals surface area contributed by atoms with Gasteiger partial charge in [0.2, 0.25) is 15.9 Å². The lowest BCUT2D eigenvalue weighted by atomic mass is 10.2. The van der Waals surface area contributed by atoms with Gasteiger partial charge in [-0.25, -0.2) is 22.5 Å². The molecule has 0 bridgehead atoms. The van der Waals surface area contributed by atoms with Crippen molar-refractivity contribution in [3.8, 4) is 0 Å². The molecule has 114 valence electrons. The van der Waals surface area contributed by atoms with Gasteiger partial charge in [0.05, 0.1) is 17.1 Å². The summed E-state index contributed by atoms with van der Waals surface area (Å²) in [6.45, 7) is 3.36. The van der Waals surface area contributed by atoms with E-state index in [0.29, 0.717) is 11.5 Å². The largest absolute Gasteiger partial charge is 0.444 e. The number of aryl methyl sites for hydroxylation is 2. The zero-order valence-corrected chi connectivity index (χ0v) is 12.5. The van der Waals surface area contributed by atoms with E-state index in [-0.39, 0.29) is 29.4 Å². The normalized spacial score (nSPS) is 11.8. The highest BCUT2D eigenvalue weighted by molar-refractivity contribution is 7.89. The number of nitrogens with two attached hydrogens (primary N) is 1. The summed E-state index contributed by atoms with van der Waals surface area (Å²) < 4.78 is 45.2. The molecule has 0 radical (unpaired) electrons. The molecule has 1 heterocycles. The van der Waals surface area contributed by atoms with Crippen LogP contribution in [0.3, 0.4) is 0 Å². The van der Waals surface area contributed by atoms with Crippen LogP contribution in [0.2, 0.25) is 0 Å². The highest BCUT2D eigenvalue weighted by Crippen LogP contribution is 2.15. The fraction of sp³-hybridized carbons (Fsp3) is 0.308. The Labute approximate surface area is 122 Å². The van der Waals surface area contributed by atoms with Crippen LogP contribution in [0.5, 0.6) is 0 Å². The quantitative estimate of drug-likeness (QED) is 0.868. The average Bonchev–Trinajstić information content (AvgIpc) is 2.76. The van der Waals surface area contributed by atoms with Gasteiger partial charge in [-0.1, -0.05) is 0 Å². The first-order valence-corrected chi connectivity index (χ1v) is 7.73. The number of hydrogen-bond acceptors (Lipinski definition) is 5. The van der Waals surface area contributed by atoms with Gasteiger partial charge in [-0.15, -0.1) is 0 Å². The van der Waals surface area contributed by atoms with Crippen molar-refractivity contribution in [1.82, 2.24) is 9.71 Å². The van der Waals surface area contributed by atoms with Crippen molar-refractivity contribution in [2.45, 2.75) is 31.8 Å². The van der Waals surface area contributed by atoms with E-state index < -0.39 is 15.8 Å². The standard InChI is InChI=1S/C13H16FN3O3S/c1-8-9(2)20-13(17-8)7-16-21(18,19)11-3-4-12(14)10(5-11)6-15/h3-5,16H,6-7,15H2,1-2H3. The van der Waals surface area contributed by atoms with E-state index in [1.54, 1.807) is 13.8 Å². The second kappa shape index (κ2) is 5.92. The van der Waals surface area contributed by atoms with E-state index in [2.05, 4.69) is 9.71 Å². The lowest BCUT2D eigenvalue weighted by Crippen LogP contribution is -2.23. The van der Waals surface area contributed by atoms with E-state index in [4.69, 9.17) is 10.2 Å². The molecule has 1 aromatic heterocycles. The zero-order chi connectivity index (χ0) is 15.6. The van der Waals surface area contributed by atoms with Gasteiger partial charge >= 0.3 is 0 Å². The molecular weight excluding hydrogens is 297 g/mol. The van der Waals surface area contributed by atoms with Crippen LogP contribution in [0, 0.1) is 19.7 Å². The molecular formula is C13H16FN3O3S. The highest BCUT2D eigenvalue weighted by Gasteiger charge is 2.17. The molecule has 2 aromatic rings. The molecule has 0 spiro atoms. The van der Waals surface area contributed by atoms with Gasteiger partial charge in [-0.3, -0.25) is 0 Å². The smallest absolute Gasteiger partial charge is 0.241 e. The summed E-state index contributed by atoms with van der Waals surface area (Å²) in [6.07, 6.45) is 0.